The first-order chi connectivity index (χ1) is 12.2. The molecule has 1 fully saturated rings. The number of halogens is 2. The van der Waals surface area contributed by atoms with Crippen molar-refractivity contribution in [2.75, 3.05) is 20.2 Å². The summed E-state index contributed by atoms with van der Waals surface area (Å²) in [6, 6.07) is 15.1. The van der Waals surface area contributed by atoms with Gasteiger partial charge in [0.05, 0.1) is 13.2 Å². The molecule has 0 radical (unpaired) electrons. The predicted octanol–water partition coefficient (Wildman–Crippen LogP) is 3.98. The van der Waals surface area contributed by atoms with Crippen molar-refractivity contribution in [1.82, 2.24) is 10.6 Å². The number of benzene rings is 2. The molecule has 2 aromatic rings. The molecule has 3 rings (SSSR count). The van der Waals surface area contributed by atoms with E-state index in [1.165, 1.54) is 0 Å². The van der Waals surface area contributed by atoms with Crippen molar-refractivity contribution in [3.05, 3.63) is 64.7 Å². The average Bonchev–Trinajstić information content (AvgIpc) is 2.67. The van der Waals surface area contributed by atoms with Gasteiger partial charge in [0.1, 0.15) is 5.75 Å². The van der Waals surface area contributed by atoms with E-state index >= 15 is 0 Å². The second-order valence-corrected chi connectivity index (χ2v) is 6.67. The number of methoxy groups -OCH3 is 1. The molecule has 0 aromatic heterocycles. The quantitative estimate of drug-likeness (QED) is 0.806. The second kappa shape index (κ2) is 9.81. The fourth-order valence-corrected chi connectivity index (χ4v) is 3.46. The highest BCUT2D eigenvalue weighted by Crippen LogP contribution is 2.30. The fourth-order valence-electron chi connectivity index (χ4n) is 3.22. The Balaban J connectivity index is 0.00000243. The molecule has 26 heavy (non-hydrogen) atoms. The van der Waals surface area contributed by atoms with E-state index < -0.39 is 0 Å². The number of nitrogens with one attached hydrogen (secondary N) is 2. The van der Waals surface area contributed by atoms with Gasteiger partial charge in [0.25, 0.3) is 0 Å². The minimum Gasteiger partial charge on any atom is -0.497 e. The topological polar surface area (TPSA) is 50.4 Å². The molecule has 0 aliphatic carbocycles. The van der Waals surface area contributed by atoms with E-state index in [-0.39, 0.29) is 30.3 Å². The van der Waals surface area contributed by atoms with E-state index in [0.29, 0.717) is 5.02 Å². The van der Waals surface area contributed by atoms with Gasteiger partial charge in [-0.15, -0.1) is 12.4 Å². The Morgan fingerprint density at radius 2 is 1.92 bits per heavy atom. The lowest BCUT2D eigenvalue weighted by Gasteiger charge is -2.26. The van der Waals surface area contributed by atoms with E-state index in [4.69, 9.17) is 16.3 Å². The summed E-state index contributed by atoms with van der Waals surface area (Å²) in [5.41, 5.74) is 1.84. The molecule has 1 aliphatic rings. The molecule has 140 valence electrons. The van der Waals surface area contributed by atoms with Crippen LogP contribution in [0.2, 0.25) is 5.02 Å². The van der Waals surface area contributed by atoms with E-state index in [9.17, 15) is 4.79 Å². The highest BCUT2D eigenvalue weighted by atomic mass is 35.5. The summed E-state index contributed by atoms with van der Waals surface area (Å²) in [5, 5.41) is 7.14. The standard InChI is InChI=1S/C20H23ClN2O2.ClH/c1-25-16-6-4-5-15(13-16)19(17-7-2-3-8-18(17)21)23-20(24)14-9-11-22-12-10-14;/h2-8,13-14,19,22H,9-12H2,1H3,(H,23,24);1H. The molecule has 0 bridgehead atoms. The van der Waals surface area contributed by atoms with Crippen molar-refractivity contribution in [2.45, 2.75) is 18.9 Å². The van der Waals surface area contributed by atoms with Gasteiger partial charge in [0, 0.05) is 10.9 Å². The van der Waals surface area contributed by atoms with Crippen molar-refractivity contribution < 1.29 is 9.53 Å². The third kappa shape index (κ3) is 4.91. The van der Waals surface area contributed by atoms with Gasteiger partial charge in [-0.1, -0.05) is 41.9 Å². The Morgan fingerprint density at radius 1 is 1.19 bits per heavy atom. The highest BCUT2D eigenvalue weighted by molar-refractivity contribution is 6.31. The highest BCUT2D eigenvalue weighted by Gasteiger charge is 2.26. The van der Waals surface area contributed by atoms with Crippen LogP contribution in [0.1, 0.15) is 30.0 Å². The van der Waals surface area contributed by atoms with Gasteiger partial charge in [0.2, 0.25) is 5.91 Å². The van der Waals surface area contributed by atoms with E-state index in [2.05, 4.69) is 10.6 Å². The van der Waals surface area contributed by atoms with Crippen LogP contribution < -0.4 is 15.4 Å². The summed E-state index contributed by atoms with van der Waals surface area (Å²) in [5.74, 6) is 0.872. The summed E-state index contributed by atoms with van der Waals surface area (Å²) in [6.07, 6.45) is 1.72. The van der Waals surface area contributed by atoms with E-state index in [1.54, 1.807) is 7.11 Å². The van der Waals surface area contributed by atoms with E-state index in [1.807, 2.05) is 48.5 Å². The molecule has 1 saturated heterocycles. The van der Waals surface area contributed by atoms with Crippen LogP contribution in [0.15, 0.2) is 48.5 Å². The average molecular weight is 395 g/mol. The van der Waals surface area contributed by atoms with Gasteiger partial charge in [-0.25, -0.2) is 0 Å². The first-order valence-electron chi connectivity index (χ1n) is 8.58. The van der Waals surface area contributed by atoms with Crippen LogP contribution in [0.25, 0.3) is 0 Å². The van der Waals surface area contributed by atoms with Gasteiger partial charge in [-0.2, -0.15) is 0 Å². The second-order valence-electron chi connectivity index (χ2n) is 6.26. The summed E-state index contributed by atoms with van der Waals surface area (Å²) in [7, 11) is 1.64. The molecule has 1 heterocycles. The normalized spacial score (nSPS) is 15.6. The van der Waals surface area contributed by atoms with Crippen molar-refractivity contribution >= 4 is 29.9 Å². The van der Waals surface area contributed by atoms with Crippen LogP contribution >= 0.6 is 24.0 Å². The molecule has 1 aliphatic heterocycles. The molecule has 0 spiro atoms. The maximum Gasteiger partial charge on any atom is 0.223 e. The lowest BCUT2D eigenvalue weighted by molar-refractivity contribution is -0.126. The minimum absolute atomic E-state index is 0. The maximum absolute atomic E-state index is 12.8. The fraction of sp³-hybridized carbons (Fsp3) is 0.350. The third-order valence-corrected chi connectivity index (χ3v) is 4.98. The van der Waals surface area contributed by atoms with Crippen LogP contribution in [0.5, 0.6) is 5.75 Å². The molecule has 4 nitrogen and oxygen atoms in total. The monoisotopic (exact) mass is 394 g/mol. The lowest BCUT2D eigenvalue weighted by atomic mass is 9.94. The maximum atomic E-state index is 12.8. The molecule has 1 amide bonds. The molecular formula is C20H24Cl2N2O2. The number of piperidine rings is 1. The van der Waals surface area contributed by atoms with Crippen LogP contribution in [-0.4, -0.2) is 26.1 Å². The number of hydrogen-bond acceptors (Lipinski definition) is 3. The van der Waals surface area contributed by atoms with Gasteiger partial charge < -0.3 is 15.4 Å². The largest absolute Gasteiger partial charge is 0.497 e. The third-order valence-electron chi connectivity index (χ3n) is 4.64. The Labute approximate surface area is 165 Å². The Kier molecular flexibility index (Phi) is 7.76. The zero-order valence-electron chi connectivity index (χ0n) is 14.7. The van der Waals surface area contributed by atoms with Crippen molar-refractivity contribution in [1.29, 1.82) is 0 Å². The van der Waals surface area contributed by atoms with Crippen LogP contribution in [-0.2, 0) is 4.79 Å². The van der Waals surface area contributed by atoms with Gasteiger partial charge in [-0.3, -0.25) is 4.79 Å². The smallest absolute Gasteiger partial charge is 0.223 e. The first kappa shape index (κ1) is 20.6. The Hall–Kier alpha value is -1.75. The van der Waals surface area contributed by atoms with E-state index in [0.717, 1.165) is 42.8 Å². The number of carbonyl (C=O) groups excluding carboxylic acids is 1. The van der Waals surface area contributed by atoms with Crippen LogP contribution in [0.3, 0.4) is 0 Å². The summed E-state index contributed by atoms with van der Waals surface area (Å²) >= 11 is 6.42. The molecule has 1 unspecified atom stereocenters. The number of ether oxygens (including phenoxy) is 1. The predicted molar refractivity (Wildman–Crippen MR) is 107 cm³/mol. The van der Waals surface area contributed by atoms with Crippen LogP contribution in [0.4, 0.5) is 0 Å². The lowest BCUT2D eigenvalue weighted by Crippen LogP contribution is -2.40. The zero-order valence-corrected chi connectivity index (χ0v) is 16.3. The molecule has 1 atom stereocenters. The molecular weight excluding hydrogens is 371 g/mol. The summed E-state index contributed by atoms with van der Waals surface area (Å²) in [4.78, 5) is 12.8. The zero-order chi connectivity index (χ0) is 17.6. The summed E-state index contributed by atoms with van der Waals surface area (Å²) in [6.45, 7) is 1.77. The number of amides is 1. The van der Waals surface area contributed by atoms with Crippen molar-refractivity contribution in [3.63, 3.8) is 0 Å². The number of hydrogen-bond donors (Lipinski definition) is 2. The molecule has 2 aromatic carbocycles. The van der Waals surface area contributed by atoms with Crippen molar-refractivity contribution in [3.8, 4) is 5.75 Å². The Morgan fingerprint density at radius 3 is 2.62 bits per heavy atom. The van der Waals surface area contributed by atoms with Crippen molar-refractivity contribution in [2.24, 2.45) is 5.92 Å². The van der Waals surface area contributed by atoms with Gasteiger partial charge in [0.15, 0.2) is 0 Å². The Bertz CT molecular complexity index is 733. The molecule has 6 heteroatoms. The first-order valence-corrected chi connectivity index (χ1v) is 8.96. The molecule has 2 N–H and O–H groups in total. The summed E-state index contributed by atoms with van der Waals surface area (Å²) < 4.78 is 5.34. The number of rotatable bonds is 5. The molecule has 0 saturated carbocycles. The number of carbonyl (C=O) groups is 1. The van der Waals surface area contributed by atoms with Gasteiger partial charge >= 0.3 is 0 Å². The van der Waals surface area contributed by atoms with Crippen LogP contribution in [0, 0.1) is 5.92 Å². The van der Waals surface area contributed by atoms with Gasteiger partial charge in [-0.05, 0) is 55.3 Å². The SMILES string of the molecule is COc1cccc(C(NC(=O)C2CCNCC2)c2ccccc2Cl)c1.Cl. The minimum atomic E-state index is -0.300.